The summed E-state index contributed by atoms with van der Waals surface area (Å²) in [6, 6.07) is 18.0. The van der Waals surface area contributed by atoms with Crippen molar-refractivity contribution in [2.75, 3.05) is 13.1 Å². The molecule has 1 atom stereocenters. The lowest BCUT2D eigenvalue weighted by Gasteiger charge is -2.19. The highest BCUT2D eigenvalue weighted by molar-refractivity contribution is 6.30. The molecule has 1 unspecified atom stereocenters. The van der Waals surface area contributed by atoms with Gasteiger partial charge in [0.15, 0.2) is 5.76 Å². The molecule has 3 amide bonds. The van der Waals surface area contributed by atoms with E-state index in [-0.39, 0.29) is 12.2 Å². The second kappa shape index (κ2) is 12.7. The van der Waals surface area contributed by atoms with Crippen molar-refractivity contribution in [3.63, 3.8) is 0 Å². The first kappa shape index (κ1) is 26.0. The number of hydrogen-bond donors (Lipinski definition) is 3. The van der Waals surface area contributed by atoms with Gasteiger partial charge in [0, 0.05) is 17.0 Å². The Morgan fingerprint density at radius 2 is 1.57 bits per heavy atom. The SMILES string of the molecule is CCN(CC)Cc1ccc(C(=O)NNC(=O)C(Cc2ccccc2)NC(=O)c2ccc(Cl)cc2)o1. The fourth-order valence-electron chi connectivity index (χ4n) is 3.42. The van der Waals surface area contributed by atoms with Crippen LogP contribution in [0.2, 0.25) is 5.02 Å². The van der Waals surface area contributed by atoms with Gasteiger partial charge in [0.1, 0.15) is 11.8 Å². The van der Waals surface area contributed by atoms with E-state index in [1.807, 2.05) is 44.2 Å². The lowest BCUT2D eigenvalue weighted by atomic mass is 10.0. The minimum atomic E-state index is -0.935. The van der Waals surface area contributed by atoms with Crippen LogP contribution in [-0.4, -0.2) is 41.8 Å². The summed E-state index contributed by atoms with van der Waals surface area (Å²) < 4.78 is 5.61. The average Bonchev–Trinajstić information content (AvgIpc) is 3.35. The molecule has 0 aliphatic heterocycles. The predicted octanol–water partition coefficient (Wildman–Crippen LogP) is 3.58. The number of hydrogen-bond acceptors (Lipinski definition) is 5. The number of rotatable bonds is 10. The van der Waals surface area contributed by atoms with Gasteiger partial charge in [0.2, 0.25) is 0 Å². The Kier molecular flexibility index (Phi) is 9.46. The molecule has 3 aromatic rings. The molecule has 0 aliphatic carbocycles. The Morgan fingerprint density at radius 1 is 0.886 bits per heavy atom. The molecule has 1 heterocycles. The molecule has 8 nitrogen and oxygen atoms in total. The largest absolute Gasteiger partial charge is 0.454 e. The third-order valence-corrected chi connectivity index (χ3v) is 5.72. The van der Waals surface area contributed by atoms with Crippen molar-refractivity contribution in [3.8, 4) is 0 Å². The molecule has 3 N–H and O–H groups in total. The van der Waals surface area contributed by atoms with E-state index in [4.69, 9.17) is 16.0 Å². The molecular formula is C26H29ClN4O4. The van der Waals surface area contributed by atoms with Gasteiger partial charge in [-0.2, -0.15) is 0 Å². The maximum absolute atomic E-state index is 12.9. The summed E-state index contributed by atoms with van der Waals surface area (Å²) in [5.74, 6) is -0.859. The monoisotopic (exact) mass is 496 g/mol. The first-order valence-electron chi connectivity index (χ1n) is 11.4. The Hall–Kier alpha value is -3.62. The molecule has 0 bridgehead atoms. The molecule has 0 aliphatic rings. The van der Waals surface area contributed by atoms with Crippen LogP contribution in [0, 0.1) is 0 Å². The fourth-order valence-corrected chi connectivity index (χ4v) is 3.55. The van der Waals surface area contributed by atoms with Gasteiger partial charge in [-0.15, -0.1) is 0 Å². The lowest BCUT2D eigenvalue weighted by Crippen LogP contribution is -2.53. The van der Waals surface area contributed by atoms with Crippen LogP contribution in [0.4, 0.5) is 0 Å². The van der Waals surface area contributed by atoms with Crippen molar-refractivity contribution in [2.24, 2.45) is 0 Å². The first-order chi connectivity index (χ1) is 16.9. The van der Waals surface area contributed by atoms with E-state index < -0.39 is 23.8 Å². The number of carbonyl (C=O) groups is 3. The molecule has 184 valence electrons. The topological polar surface area (TPSA) is 104 Å². The van der Waals surface area contributed by atoms with E-state index in [2.05, 4.69) is 21.1 Å². The smallest absolute Gasteiger partial charge is 0.305 e. The molecule has 0 fully saturated rings. The maximum atomic E-state index is 12.9. The van der Waals surface area contributed by atoms with Crippen molar-refractivity contribution in [3.05, 3.63) is 94.4 Å². The summed E-state index contributed by atoms with van der Waals surface area (Å²) in [4.78, 5) is 40.3. The van der Waals surface area contributed by atoms with Crippen LogP contribution >= 0.6 is 11.6 Å². The van der Waals surface area contributed by atoms with E-state index in [0.29, 0.717) is 22.9 Å². The van der Waals surface area contributed by atoms with Crippen molar-refractivity contribution in [1.29, 1.82) is 0 Å². The van der Waals surface area contributed by atoms with Crippen LogP contribution in [0.25, 0.3) is 0 Å². The van der Waals surface area contributed by atoms with E-state index in [1.165, 1.54) is 0 Å². The number of nitrogens with one attached hydrogen (secondary N) is 3. The van der Waals surface area contributed by atoms with Crippen LogP contribution in [0.3, 0.4) is 0 Å². The number of amides is 3. The van der Waals surface area contributed by atoms with Crippen LogP contribution in [0.15, 0.2) is 71.1 Å². The van der Waals surface area contributed by atoms with Gasteiger partial charge in [0.05, 0.1) is 6.54 Å². The quantitative estimate of drug-likeness (QED) is 0.372. The van der Waals surface area contributed by atoms with E-state index >= 15 is 0 Å². The Morgan fingerprint density at radius 3 is 2.23 bits per heavy atom. The molecule has 1 aromatic heterocycles. The molecule has 2 aromatic carbocycles. The number of halogens is 1. The highest BCUT2D eigenvalue weighted by Gasteiger charge is 2.23. The zero-order chi connectivity index (χ0) is 25.2. The molecule has 0 saturated heterocycles. The average molecular weight is 497 g/mol. The third kappa shape index (κ3) is 7.70. The number of nitrogens with zero attached hydrogens (tertiary/aromatic N) is 1. The van der Waals surface area contributed by atoms with Gasteiger partial charge >= 0.3 is 5.91 Å². The van der Waals surface area contributed by atoms with Gasteiger partial charge < -0.3 is 9.73 Å². The molecule has 0 saturated carbocycles. The minimum Gasteiger partial charge on any atom is -0.454 e. The van der Waals surface area contributed by atoms with Crippen LogP contribution < -0.4 is 16.2 Å². The molecule has 0 spiro atoms. The van der Waals surface area contributed by atoms with Crippen molar-refractivity contribution < 1.29 is 18.8 Å². The van der Waals surface area contributed by atoms with Gasteiger partial charge in [-0.3, -0.25) is 30.1 Å². The highest BCUT2D eigenvalue weighted by atomic mass is 35.5. The van der Waals surface area contributed by atoms with E-state index in [0.717, 1.165) is 18.7 Å². The summed E-state index contributed by atoms with van der Waals surface area (Å²) in [6.45, 7) is 6.40. The minimum absolute atomic E-state index is 0.0808. The second-order valence-corrected chi connectivity index (χ2v) is 8.33. The highest BCUT2D eigenvalue weighted by Crippen LogP contribution is 2.12. The summed E-state index contributed by atoms with van der Waals surface area (Å²) in [5, 5.41) is 3.23. The Bertz CT molecular complexity index is 1130. The fraction of sp³-hybridized carbons (Fsp3) is 0.269. The van der Waals surface area contributed by atoms with Crippen molar-refractivity contribution >= 4 is 29.3 Å². The molecule has 9 heteroatoms. The Balaban J connectivity index is 1.64. The summed E-state index contributed by atoms with van der Waals surface area (Å²) in [7, 11) is 0. The Labute approximate surface area is 209 Å². The van der Waals surface area contributed by atoms with Crippen LogP contribution in [0.1, 0.15) is 46.1 Å². The van der Waals surface area contributed by atoms with Crippen LogP contribution in [0.5, 0.6) is 0 Å². The lowest BCUT2D eigenvalue weighted by molar-refractivity contribution is -0.123. The number of hydrazine groups is 1. The zero-order valence-electron chi connectivity index (χ0n) is 19.7. The number of benzene rings is 2. The van der Waals surface area contributed by atoms with E-state index in [9.17, 15) is 14.4 Å². The summed E-state index contributed by atoms with van der Waals surface area (Å²) in [6.07, 6.45) is 0.233. The number of furan rings is 1. The van der Waals surface area contributed by atoms with Crippen molar-refractivity contribution in [1.82, 2.24) is 21.1 Å². The van der Waals surface area contributed by atoms with E-state index in [1.54, 1.807) is 36.4 Å². The summed E-state index contributed by atoms with van der Waals surface area (Å²) in [5.41, 5.74) is 5.97. The number of carbonyl (C=O) groups excluding carboxylic acids is 3. The van der Waals surface area contributed by atoms with Gasteiger partial charge in [-0.1, -0.05) is 55.8 Å². The van der Waals surface area contributed by atoms with Gasteiger partial charge in [0.25, 0.3) is 11.8 Å². The standard InChI is InChI=1S/C26H29ClN4O4/c1-3-31(4-2)17-21-14-15-23(35-21)26(34)30-29-25(33)22(16-18-8-6-5-7-9-18)28-24(32)19-10-12-20(27)13-11-19/h5-15,22H,3-4,16-17H2,1-2H3,(H,28,32)(H,29,33)(H,30,34). The molecule has 0 radical (unpaired) electrons. The normalized spacial score (nSPS) is 11.7. The van der Waals surface area contributed by atoms with Crippen LogP contribution in [-0.2, 0) is 17.8 Å². The first-order valence-corrected chi connectivity index (χ1v) is 11.8. The maximum Gasteiger partial charge on any atom is 0.305 e. The van der Waals surface area contributed by atoms with Gasteiger partial charge in [-0.25, -0.2) is 0 Å². The third-order valence-electron chi connectivity index (χ3n) is 5.47. The zero-order valence-corrected chi connectivity index (χ0v) is 20.5. The predicted molar refractivity (Wildman–Crippen MR) is 134 cm³/mol. The molecule has 3 rings (SSSR count). The van der Waals surface area contributed by atoms with Crippen molar-refractivity contribution in [2.45, 2.75) is 32.9 Å². The second-order valence-electron chi connectivity index (χ2n) is 7.89. The molecule has 35 heavy (non-hydrogen) atoms. The molecular weight excluding hydrogens is 468 g/mol. The van der Waals surface area contributed by atoms with Gasteiger partial charge in [-0.05, 0) is 55.1 Å². The summed E-state index contributed by atoms with van der Waals surface area (Å²) >= 11 is 5.90.